The molecule has 1 aliphatic carbocycles. The Balaban J connectivity index is 1.76. The molecular formula is C16H24N2O3. The molecule has 5 nitrogen and oxygen atoms in total. The van der Waals surface area contributed by atoms with Crippen molar-refractivity contribution in [2.75, 3.05) is 18.5 Å². The monoisotopic (exact) mass is 292 g/mol. The number of carbonyl (C=O) groups excluding carboxylic acids is 1. The second-order valence-corrected chi connectivity index (χ2v) is 5.54. The third-order valence-electron chi connectivity index (χ3n) is 3.63. The number of nitrogens with one attached hydrogen (secondary N) is 2. The minimum absolute atomic E-state index is 0.202. The van der Waals surface area contributed by atoms with E-state index >= 15 is 0 Å². The number of anilines is 1. The van der Waals surface area contributed by atoms with Crippen LogP contribution in [0.4, 0.5) is 10.5 Å². The van der Waals surface area contributed by atoms with Gasteiger partial charge >= 0.3 is 6.03 Å². The van der Waals surface area contributed by atoms with Gasteiger partial charge in [-0.15, -0.1) is 0 Å². The predicted octanol–water partition coefficient (Wildman–Crippen LogP) is 2.76. The van der Waals surface area contributed by atoms with Gasteiger partial charge in [-0.3, -0.25) is 0 Å². The average Bonchev–Trinajstić information content (AvgIpc) is 2.89. The Morgan fingerprint density at radius 2 is 2.29 bits per heavy atom. The first kappa shape index (κ1) is 15.6. The number of amides is 2. The van der Waals surface area contributed by atoms with Crippen molar-refractivity contribution in [3.63, 3.8) is 0 Å². The topological polar surface area (TPSA) is 70.6 Å². The Morgan fingerprint density at radius 1 is 1.43 bits per heavy atom. The average molecular weight is 292 g/mol. The molecule has 0 aliphatic heterocycles. The summed E-state index contributed by atoms with van der Waals surface area (Å²) in [5.74, 6) is 1.14. The van der Waals surface area contributed by atoms with E-state index in [-0.39, 0.29) is 12.1 Å². The van der Waals surface area contributed by atoms with Gasteiger partial charge in [0.25, 0.3) is 0 Å². The van der Waals surface area contributed by atoms with Crippen molar-refractivity contribution in [3.8, 4) is 5.75 Å². The smallest absolute Gasteiger partial charge is 0.319 e. The summed E-state index contributed by atoms with van der Waals surface area (Å²) in [5.41, 5.74) is 0.715. The molecule has 2 rings (SSSR count). The lowest BCUT2D eigenvalue weighted by atomic mass is 10.1. The fourth-order valence-corrected chi connectivity index (χ4v) is 2.53. The zero-order valence-electron chi connectivity index (χ0n) is 12.5. The molecule has 0 saturated heterocycles. The first-order valence-corrected chi connectivity index (χ1v) is 7.63. The molecule has 2 amide bonds. The number of hydrogen-bond acceptors (Lipinski definition) is 3. The van der Waals surface area contributed by atoms with Crippen LogP contribution in [0.25, 0.3) is 0 Å². The van der Waals surface area contributed by atoms with E-state index < -0.39 is 0 Å². The van der Waals surface area contributed by atoms with Crippen molar-refractivity contribution in [2.24, 2.45) is 5.92 Å². The molecule has 1 aromatic rings. The van der Waals surface area contributed by atoms with Crippen LogP contribution in [-0.4, -0.2) is 30.4 Å². The van der Waals surface area contributed by atoms with Gasteiger partial charge in [0, 0.05) is 18.3 Å². The van der Waals surface area contributed by atoms with Crippen molar-refractivity contribution >= 4 is 11.7 Å². The maximum atomic E-state index is 11.9. The van der Waals surface area contributed by atoms with Gasteiger partial charge in [-0.2, -0.15) is 0 Å². The molecule has 0 unspecified atom stereocenters. The number of hydrogen-bond donors (Lipinski definition) is 3. The summed E-state index contributed by atoms with van der Waals surface area (Å²) in [4.78, 5) is 11.9. The second kappa shape index (κ2) is 7.88. The number of urea groups is 1. The summed E-state index contributed by atoms with van der Waals surface area (Å²) >= 11 is 0. The highest BCUT2D eigenvalue weighted by atomic mass is 16.5. The maximum Gasteiger partial charge on any atom is 0.319 e. The second-order valence-electron chi connectivity index (χ2n) is 5.54. The third kappa shape index (κ3) is 5.27. The lowest BCUT2D eigenvalue weighted by Gasteiger charge is -2.12. The van der Waals surface area contributed by atoms with Crippen LogP contribution in [0.2, 0.25) is 0 Å². The van der Waals surface area contributed by atoms with Gasteiger partial charge in [-0.1, -0.05) is 13.0 Å². The molecule has 0 heterocycles. The number of aliphatic hydroxyl groups excluding tert-OH is 1. The summed E-state index contributed by atoms with van der Waals surface area (Å²) in [5, 5.41) is 15.1. The normalized spacial score (nSPS) is 21.0. The highest BCUT2D eigenvalue weighted by molar-refractivity contribution is 5.89. The lowest BCUT2D eigenvalue weighted by Crippen LogP contribution is -2.32. The molecule has 3 N–H and O–H groups in total. The Kier molecular flexibility index (Phi) is 5.87. The van der Waals surface area contributed by atoms with E-state index in [9.17, 15) is 9.90 Å². The highest BCUT2D eigenvalue weighted by Gasteiger charge is 2.22. The molecule has 1 aliphatic rings. The zero-order valence-corrected chi connectivity index (χ0v) is 12.5. The molecule has 0 aromatic heterocycles. The van der Waals surface area contributed by atoms with Crippen LogP contribution >= 0.6 is 0 Å². The Hall–Kier alpha value is -1.75. The molecule has 1 saturated carbocycles. The van der Waals surface area contributed by atoms with Gasteiger partial charge in [-0.25, -0.2) is 4.79 Å². The van der Waals surface area contributed by atoms with E-state index in [0.29, 0.717) is 24.8 Å². The van der Waals surface area contributed by atoms with Crippen molar-refractivity contribution in [3.05, 3.63) is 24.3 Å². The standard InChI is InChI=1S/C16H24N2O3/c1-2-8-21-15-5-3-4-13(10-15)18-16(20)17-11-12-6-7-14(19)9-12/h3-5,10,12,14,19H,2,6-9,11H2,1H3,(H2,17,18,20)/t12-,14+/m0/s1. The van der Waals surface area contributed by atoms with Crippen LogP contribution in [-0.2, 0) is 0 Å². The number of aliphatic hydroxyl groups is 1. The summed E-state index contributed by atoms with van der Waals surface area (Å²) in [7, 11) is 0. The molecule has 0 radical (unpaired) electrons. The molecule has 0 bridgehead atoms. The Morgan fingerprint density at radius 3 is 3.00 bits per heavy atom. The molecule has 1 fully saturated rings. The summed E-state index contributed by atoms with van der Waals surface area (Å²) in [6.45, 7) is 3.32. The number of benzene rings is 1. The van der Waals surface area contributed by atoms with Gasteiger partial charge < -0.3 is 20.5 Å². The van der Waals surface area contributed by atoms with Crippen LogP contribution in [0, 0.1) is 5.92 Å². The van der Waals surface area contributed by atoms with Crippen molar-refractivity contribution in [1.82, 2.24) is 5.32 Å². The van der Waals surface area contributed by atoms with Crippen LogP contribution in [0.5, 0.6) is 5.75 Å². The van der Waals surface area contributed by atoms with Gasteiger partial charge in [0.15, 0.2) is 0 Å². The van der Waals surface area contributed by atoms with Crippen molar-refractivity contribution < 1.29 is 14.6 Å². The van der Waals surface area contributed by atoms with Gasteiger partial charge in [0.1, 0.15) is 5.75 Å². The molecule has 5 heteroatoms. The molecular weight excluding hydrogens is 268 g/mol. The predicted molar refractivity (Wildman–Crippen MR) is 82.6 cm³/mol. The van der Waals surface area contributed by atoms with E-state index in [0.717, 1.165) is 31.4 Å². The van der Waals surface area contributed by atoms with E-state index in [1.54, 1.807) is 0 Å². The van der Waals surface area contributed by atoms with Crippen LogP contribution in [0.1, 0.15) is 32.6 Å². The Bertz CT molecular complexity index is 465. The number of ether oxygens (including phenoxy) is 1. The maximum absolute atomic E-state index is 11.9. The summed E-state index contributed by atoms with van der Waals surface area (Å²) < 4.78 is 5.53. The first-order valence-electron chi connectivity index (χ1n) is 7.63. The van der Waals surface area contributed by atoms with E-state index in [1.165, 1.54) is 0 Å². The van der Waals surface area contributed by atoms with E-state index in [2.05, 4.69) is 17.6 Å². The highest BCUT2D eigenvalue weighted by Crippen LogP contribution is 2.24. The molecule has 116 valence electrons. The molecule has 1 aromatic carbocycles. The lowest BCUT2D eigenvalue weighted by molar-refractivity contribution is 0.177. The zero-order chi connectivity index (χ0) is 15.1. The third-order valence-corrected chi connectivity index (χ3v) is 3.63. The molecule has 21 heavy (non-hydrogen) atoms. The minimum atomic E-state index is -0.218. The van der Waals surface area contributed by atoms with Crippen LogP contribution in [0.3, 0.4) is 0 Å². The van der Waals surface area contributed by atoms with Crippen molar-refractivity contribution in [2.45, 2.75) is 38.7 Å². The van der Waals surface area contributed by atoms with Crippen LogP contribution in [0.15, 0.2) is 24.3 Å². The Labute approximate surface area is 125 Å². The minimum Gasteiger partial charge on any atom is -0.494 e. The summed E-state index contributed by atoms with van der Waals surface area (Å²) in [6, 6.07) is 7.16. The fourth-order valence-electron chi connectivity index (χ4n) is 2.53. The van der Waals surface area contributed by atoms with Gasteiger partial charge in [0.2, 0.25) is 0 Å². The first-order chi connectivity index (χ1) is 10.2. The van der Waals surface area contributed by atoms with Crippen molar-refractivity contribution in [1.29, 1.82) is 0 Å². The van der Waals surface area contributed by atoms with E-state index in [1.807, 2.05) is 24.3 Å². The number of rotatable bonds is 6. The molecule has 2 atom stereocenters. The fraction of sp³-hybridized carbons (Fsp3) is 0.562. The SMILES string of the molecule is CCCOc1cccc(NC(=O)NC[C@H]2CC[C@@H](O)C2)c1. The van der Waals surface area contributed by atoms with Gasteiger partial charge in [0.05, 0.1) is 12.7 Å². The van der Waals surface area contributed by atoms with Gasteiger partial charge in [-0.05, 0) is 43.7 Å². The summed E-state index contributed by atoms with van der Waals surface area (Å²) in [6.07, 6.45) is 3.34. The van der Waals surface area contributed by atoms with Crippen LogP contribution < -0.4 is 15.4 Å². The largest absolute Gasteiger partial charge is 0.494 e. The molecule has 0 spiro atoms. The van der Waals surface area contributed by atoms with E-state index in [4.69, 9.17) is 4.74 Å². The number of carbonyl (C=O) groups is 1. The quantitative estimate of drug-likeness (QED) is 0.755.